The van der Waals surface area contributed by atoms with Gasteiger partial charge >= 0.3 is 0 Å². The van der Waals surface area contributed by atoms with Gasteiger partial charge in [-0.1, -0.05) is 35.9 Å². The fourth-order valence-electron chi connectivity index (χ4n) is 2.24. The number of anilines is 1. The molecule has 6 heteroatoms. The second kappa shape index (κ2) is 6.95. The first-order valence-electron chi connectivity index (χ1n) is 7.61. The summed E-state index contributed by atoms with van der Waals surface area (Å²) in [6.07, 6.45) is 0. The molecule has 0 aliphatic rings. The Bertz CT molecular complexity index is 841. The number of rotatable bonds is 5. The molecule has 0 spiro atoms. The van der Waals surface area contributed by atoms with Gasteiger partial charge in [0.15, 0.2) is 5.69 Å². The first kappa shape index (κ1) is 15.7. The summed E-state index contributed by atoms with van der Waals surface area (Å²) in [5.74, 6) is 0.619. The van der Waals surface area contributed by atoms with Gasteiger partial charge in [0.05, 0.1) is 6.61 Å². The molecule has 122 valence electrons. The van der Waals surface area contributed by atoms with Crippen LogP contribution in [-0.2, 0) is 0 Å². The van der Waals surface area contributed by atoms with Crippen molar-refractivity contribution < 1.29 is 14.2 Å². The molecule has 0 unspecified atom stereocenters. The zero-order valence-corrected chi connectivity index (χ0v) is 13.4. The van der Waals surface area contributed by atoms with Crippen LogP contribution in [0.25, 0.3) is 11.3 Å². The van der Waals surface area contributed by atoms with E-state index in [2.05, 4.69) is 15.6 Å². The predicted molar refractivity (Wildman–Crippen MR) is 90.0 cm³/mol. The molecular formula is C18H17N3O3. The molecule has 1 N–H and O–H groups in total. The monoisotopic (exact) mass is 323 g/mol. The molecule has 2 aromatic carbocycles. The van der Waals surface area contributed by atoms with Crippen LogP contribution in [0, 0.1) is 6.92 Å². The number of nitrogens with zero attached hydrogens (tertiary/aromatic N) is 2. The number of ether oxygens (including phenoxy) is 1. The highest BCUT2D eigenvalue weighted by atomic mass is 16.6. The van der Waals surface area contributed by atoms with E-state index in [1.807, 2.05) is 38.1 Å². The van der Waals surface area contributed by atoms with E-state index in [1.165, 1.54) is 0 Å². The van der Waals surface area contributed by atoms with Crippen LogP contribution < -0.4 is 10.1 Å². The third-order valence-electron chi connectivity index (χ3n) is 3.45. The number of hydrogen-bond donors (Lipinski definition) is 1. The molecule has 24 heavy (non-hydrogen) atoms. The van der Waals surface area contributed by atoms with Crippen LogP contribution in [0.2, 0.25) is 0 Å². The Morgan fingerprint density at radius 3 is 2.71 bits per heavy atom. The SMILES string of the molecule is CCOc1cccc(C(=O)Nc2nonc2-c2ccc(C)cc2)c1. The highest BCUT2D eigenvalue weighted by Crippen LogP contribution is 2.25. The van der Waals surface area contributed by atoms with Gasteiger partial charge in [0.1, 0.15) is 5.75 Å². The van der Waals surface area contributed by atoms with Crippen LogP contribution in [0.15, 0.2) is 53.2 Å². The van der Waals surface area contributed by atoms with E-state index in [9.17, 15) is 4.79 Å². The van der Waals surface area contributed by atoms with E-state index in [-0.39, 0.29) is 11.7 Å². The summed E-state index contributed by atoms with van der Waals surface area (Å²) in [4.78, 5) is 12.4. The van der Waals surface area contributed by atoms with E-state index in [0.29, 0.717) is 23.6 Å². The molecule has 0 aliphatic heterocycles. The van der Waals surface area contributed by atoms with Crippen LogP contribution in [0.1, 0.15) is 22.8 Å². The third-order valence-corrected chi connectivity index (χ3v) is 3.45. The van der Waals surface area contributed by atoms with Crippen molar-refractivity contribution >= 4 is 11.7 Å². The average Bonchev–Trinajstić information content (AvgIpc) is 3.04. The lowest BCUT2D eigenvalue weighted by molar-refractivity contribution is 0.102. The molecule has 0 saturated carbocycles. The molecule has 0 radical (unpaired) electrons. The van der Waals surface area contributed by atoms with Crippen molar-refractivity contribution in [2.24, 2.45) is 0 Å². The van der Waals surface area contributed by atoms with Crippen molar-refractivity contribution in [3.8, 4) is 17.0 Å². The number of nitrogens with one attached hydrogen (secondary N) is 1. The van der Waals surface area contributed by atoms with Crippen LogP contribution >= 0.6 is 0 Å². The summed E-state index contributed by atoms with van der Waals surface area (Å²) in [5, 5.41) is 10.4. The molecule has 1 amide bonds. The Hall–Kier alpha value is -3.15. The maximum atomic E-state index is 12.4. The van der Waals surface area contributed by atoms with E-state index in [1.54, 1.807) is 24.3 Å². The molecular weight excluding hydrogens is 306 g/mol. The molecule has 1 heterocycles. The standard InChI is InChI=1S/C18H17N3O3/c1-3-23-15-6-4-5-14(11-15)18(22)19-17-16(20-24-21-17)13-9-7-12(2)8-10-13/h4-11H,3H2,1-2H3,(H,19,21,22). The number of hydrogen-bond acceptors (Lipinski definition) is 5. The second-order valence-electron chi connectivity index (χ2n) is 5.24. The highest BCUT2D eigenvalue weighted by Gasteiger charge is 2.16. The molecule has 3 rings (SSSR count). The number of benzene rings is 2. The van der Waals surface area contributed by atoms with E-state index < -0.39 is 0 Å². The maximum absolute atomic E-state index is 12.4. The number of carbonyl (C=O) groups excluding carboxylic acids is 1. The van der Waals surface area contributed by atoms with Crippen molar-refractivity contribution in [2.45, 2.75) is 13.8 Å². The van der Waals surface area contributed by atoms with Crippen LogP contribution in [-0.4, -0.2) is 22.8 Å². The highest BCUT2D eigenvalue weighted by molar-refractivity contribution is 6.05. The van der Waals surface area contributed by atoms with Gasteiger partial charge in [-0.05, 0) is 42.4 Å². The van der Waals surface area contributed by atoms with Gasteiger partial charge in [0.2, 0.25) is 5.82 Å². The van der Waals surface area contributed by atoms with Gasteiger partial charge in [0, 0.05) is 11.1 Å². The Kier molecular flexibility index (Phi) is 4.56. The smallest absolute Gasteiger partial charge is 0.257 e. The third kappa shape index (κ3) is 3.43. The first-order chi connectivity index (χ1) is 11.7. The minimum atomic E-state index is -0.305. The largest absolute Gasteiger partial charge is 0.494 e. The Labute approximate surface area is 139 Å². The van der Waals surface area contributed by atoms with Gasteiger partial charge in [-0.25, -0.2) is 4.63 Å². The Morgan fingerprint density at radius 2 is 1.96 bits per heavy atom. The zero-order valence-electron chi connectivity index (χ0n) is 13.4. The minimum Gasteiger partial charge on any atom is -0.494 e. The normalized spacial score (nSPS) is 10.4. The number of aromatic nitrogens is 2. The molecule has 0 fully saturated rings. The summed E-state index contributed by atoms with van der Waals surface area (Å²) < 4.78 is 10.2. The Balaban J connectivity index is 1.82. The molecule has 0 atom stereocenters. The average molecular weight is 323 g/mol. The quantitative estimate of drug-likeness (QED) is 0.774. The summed E-state index contributed by atoms with van der Waals surface area (Å²) in [6.45, 7) is 4.43. The summed E-state index contributed by atoms with van der Waals surface area (Å²) >= 11 is 0. The zero-order chi connectivity index (χ0) is 16.9. The van der Waals surface area contributed by atoms with E-state index >= 15 is 0 Å². The molecule has 0 saturated heterocycles. The van der Waals surface area contributed by atoms with E-state index in [4.69, 9.17) is 9.37 Å². The predicted octanol–water partition coefficient (Wildman–Crippen LogP) is 3.70. The lowest BCUT2D eigenvalue weighted by Gasteiger charge is -2.06. The molecule has 1 aromatic heterocycles. The first-order valence-corrected chi connectivity index (χ1v) is 7.61. The van der Waals surface area contributed by atoms with Gasteiger partial charge in [-0.15, -0.1) is 0 Å². The van der Waals surface area contributed by atoms with Crippen molar-refractivity contribution in [1.29, 1.82) is 0 Å². The Morgan fingerprint density at radius 1 is 1.17 bits per heavy atom. The van der Waals surface area contributed by atoms with Crippen LogP contribution in [0.5, 0.6) is 5.75 Å². The fourth-order valence-corrected chi connectivity index (χ4v) is 2.24. The van der Waals surface area contributed by atoms with Crippen LogP contribution in [0.3, 0.4) is 0 Å². The molecule has 0 bridgehead atoms. The molecule has 3 aromatic rings. The molecule has 0 aliphatic carbocycles. The van der Waals surface area contributed by atoms with Crippen molar-refractivity contribution in [3.63, 3.8) is 0 Å². The van der Waals surface area contributed by atoms with Gasteiger partial charge in [-0.2, -0.15) is 0 Å². The minimum absolute atomic E-state index is 0.283. The van der Waals surface area contributed by atoms with Crippen molar-refractivity contribution in [1.82, 2.24) is 10.3 Å². The van der Waals surface area contributed by atoms with Gasteiger partial charge in [-0.3, -0.25) is 4.79 Å². The maximum Gasteiger partial charge on any atom is 0.257 e. The number of carbonyl (C=O) groups is 1. The lowest BCUT2D eigenvalue weighted by Crippen LogP contribution is -2.13. The summed E-state index contributed by atoms with van der Waals surface area (Å²) in [7, 11) is 0. The fraction of sp³-hybridized carbons (Fsp3) is 0.167. The van der Waals surface area contributed by atoms with Crippen molar-refractivity contribution in [2.75, 3.05) is 11.9 Å². The topological polar surface area (TPSA) is 77.2 Å². The van der Waals surface area contributed by atoms with Gasteiger partial charge < -0.3 is 10.1 Å². The lowest BCUT2D eigenvalue weighted by atomic mass is 10.1. The van der Waals surface area contributed by atoms with Gasteiger partial charge in [0.25, 0.3) is 5.91 Å². The van der Waals surface area contributed by atoms with Crippen molar-refractivity contribution in [3.05, 3.63) is 59.7 Å². The number of aryl methyl sites for hydroxylation is 1. The molecule has 6 nitrogen and oxygen atoms in total. The summed E-state index contributed by atoms with van der Waals surface area (Å²) in [5.41, 5.74) is 2.91. The number of amides is 1. The van der Waals surface area contributed by atoms with E-state index in [0.717, 1.165) is 11.1 Å². The second-order valence-corrected chi connectivity index (χ2v) is 5.24. The van der Waals surface area contributed by atoms with Crippen LogP contribution in [0.4, 0.5) is 5.82 Å². The summed E-state index contributed by atoms with van der Waals surface area (Å²) in [6, 6.07) is 14.7.